The van der Waals surface area contributed by atoms with Crippen molar-refractivity contribution in [1.29, 1.82) is 0 Å². The first kappa shape index (κ1) is 21.4. The Morgan fingerprint density at radius 1 is 1.31 bits per heavy atom. The van der Waals surface area contributed by atoms with Crippen LogP contribution in [-0.2, 0) is 16.1 Å². The third kappa shape index (κ3) is 4.80. The van der Waals surface area contributed by atoms with E-state index in [2.05, 4.69) is 9.80 Å². The van der Waals surface area contributed by atoms with Gasteiger partial charge in [0.15, 0.2) is 0 Å². The maximum absolute atomic E-state index is 12.0. The molecule has 1 atom stereocenters. The molecule has 0 radical (unpaired) electrons. The van der Waals surface area contributed by atoms with Crippen molar-refractivity contribution in [3.05, 3.63) is 62.2 Å². The molecule has 0 amide bonds. The second kappa shape index (κ2) is 9.43. The molecule has 156 valence electrons. The van der Waals surface area contributed by atoms with E-state index in [-0.39, 0.29) is 11.9 Å². The lowest BCUT2D eigenvalue weighted by Crippen LogP contribution is -2.52. The largest absolute Gasteiger partial charge is 0.478 e. The normalized spacial score (nSPS) is 20.6. The van der Waals surface area contributed by atoms with Gasteiger partial charge in [-0.1, -0.05) is 19.1 Å². The molecular weight excluding hydrogens is 394 g/mol. The Kier molecular flexibility index (Phi) is 6.94. The molecule has 2 heterocycles. The smallest absolute Gasteiger partial charge is 0.338 e. The Bertz CT molecular complexity index is 831. The Morgan fingerprint density at radius 3 is 2.52 bits per heavy atom. The Balaban J connectivity index is 1.99. The molecule has 0 aromatic heterocycles. The number of carboxylic acids is 1. The number of hydrogen-bond acceptors (Lipinski definition) is 7. The summed E-state index contributed by atoms with van der Waals surface area (Å²) in [5.74, 6) is -0.199. The van der Waals surface area contributed by atoms with Gasteiger partial charge in [0.25, 0.3) is 5.69 Å². The molecule has 1 aromatic rings. The molecule has 0 bridgehead atoms. The van der Waals surface area contributed by atoms with Gasteiger partial charge in [0.05, 0.1) is 28.7 Å². The van der Waals surface area contributed by atoms with E-state index in [4.69, 9.17) is 4.74 Å². The molecule has 2 aliphatic rings. The van der Waals surface area contributed by atoms with Gasteiger partial charge in [0.2, 0.25) is 0 Å². The van der Waals surface area contributed by atoms with Crippen LogP contribution in [0.2, 0.25) is 0 Å². The topological polar surface area (TPSA) is 96.2 Å². The number of nitro benzene ring substituents is 1. The van der Waals surface area contributed by atoms with Crippen molar-refractivity contribution in [3.63, 3.8) is 0 Å². The Hall–Kier alpha value is -2.36. The third-order valence-electron chi connectivity index (χ3n) is 5.00. The summed E-state index contributed by atoms with van der Waals surface area (Å²) >= 11 is 1.51. The second-order valence-corrected chi connectivity index (χ2v) is 8.13. The molecule has 0 saturated carbocycles. The van der Waals surface area contributed by atoms with Gasteiger partial charge in [-0.3, -0.25) is 15.0 Å². The fourth-order valence-corrected chi connectivity index (χ4v) is 4.62. The van der Waals surface area contributed by atoms with Gasteiger partial charge in [-0.15, -0.1) is 11.8 Å². The number of benzene rings is 1. The highest BCUT2D eigenvalue weighted by Crippen LogP contribution is 2.37. The van der Waals surface area contributed by atoms with Gasteiger partial charge in [0.1, 0.15) is 6.17 Å². The van der Waals surface area contributed by atoms with Crippen molar-refractivity contribution >= 4 is 23.4 Å². The molecular formula is C20H25N3O5S. The average molecular weight is 420 g/mol. The van der Waals surface area contributed by atoms with Crippen molar-refractivity contribution in [2.24, 2.45) is 0 Å². The van der Waals surface area contributed by atoms with Gasteiger partial charge < -0.3 is 14.7 Å². The lowest BCUT2D eigenvalue weighted by Gasteiger charge is -2.44. The first-order valence-corrected chi connectivity index (χ1v) is 10.5. The molecule has 9 heteroatoms. The van der Waals surface area contributed by atoms with Crippen molar-refractivity contribution in [2.75, 3.05) is 32.1 Å². The van der Waals surface area contributed by atoms with E-state index >= 15 is 0 Å². The Labute approximate surface area is 174 Å². The average Bonchev–Trinajstić information content (AvgIpc) is 2.70. The van der Waals surface area contributed by atoms with Gasteiger partial charge in [0, 0.05) is 31.8 Å². The zero-order valence-corrected chi connectivity index (χ0v) is 17.4. The summed E-state index contributed by atoms with van der Waals surface area (Å²) in [6.45, 7) is 7.11. The molecule has 0 spiro atoms. The number of non-ortho nitro benzene ring substituents is 1. The number of morpholine rings is 1. The molecule has 2 aliphatic heterocycles. The van der Waals surface area contributed by atoms with Crippen molar-refractivity contribution in [2.45, 2.75) is 26.6 Å². The highest BCUT2D eigenvalue weighted by molar-refractivity contribution is 8.03. The minimum Gasteiger partial charge on any atom is -0.478 e. The monoisotopic (exact) mass is 419 g/mol. The fraction of sp³-hybridized carbons (Fsp3) is 0.450. The van der Waals surface area contributed by atoms with E-state index in [1.807, 2.05) is 19.9 Å². The molecule has 29 heavy (non-hydrogen) atoms. The van der Waals surface area contributed by atoms with Crippen molar-refractivity contribution in [3.8, 4) is 0 Å². The van der Waals surface area contributed by atoms with Gasteiger partial charge in [-0.05, 0) is 29.9 Å². The molecule has 1 saturated heterocycles. The summed E-state index contributed by atoms with van der Waals surface area (Å²) in [5.41, 5.74) is 2.01. The zero-order valence-electron chi connectivity index (χ0n) is 16.5. The van der Waals surface area contributed by atoms with Gasteiger partial charge in [-0.25, -0.2) is 4.79 Å². The SMILES string of the molecule is CCSC1=C(C(=O)O)C(C)=CC(N2CCOCC2)N1Cc1ccc([N+](=O)[O-])cc1. The summed E-state index contributed by atoms with van der Waals surface area (Å²) in [4.78, 5) is 26.9. The number of hydrogen-bond donors (Lipinski definition) is 1. The van der Waals surface area contributed by atoms with Crippen LogP contribution in [0.25, 0.3) is 0 Å². The first-order chi connectivity index (χ1) is 13.9. The molecule has 0 aliphatic carbocycles. The van der Waals surface area contributed by atoms with Crippen LogP contribution in [0.1, 0.15) is 19.4 Å². The minimum absolute atomic E-state index is 0.0396. The summed E-state index contributed by atoms with van der Waals surface area (Å²) < 4.78 is 5.48. The van der Waals surface area contributed by atoms with Crippen LogP contribution in [-0.4, -0.2) is 64.0 Å². The molecule has 3 rings (SSSR count). The third-order valence-corrected chi connectivity index (χ3v) is 6.00. The molecule has 1 N–H and O–H groups in total. The van der Waals surface area contributed by atoms with E-state index in [0.717, 1.165) is 35.0 Å². The number of nitrogens with zero attached hydrogens (tertiary/aromatic N) is 3. The fourth-order valence-electron chi connectivity index (χ4n) is 3.61. The molecule has 1 fully saturated rings. The number of nitro groups is 1. The molecule has 1 unspecified atom stereocenters. The Morgan fingerprint density at radius 2 is 1.97 bits per heavy atom. The molecule has 8 nitrogen and oxygen atoms in total. The van der Waals surface area contributed by atoms with Crippen molar-refractivity contribution < 1.29 is 19.6 Å². The number of ether oxygens (including phenoxy) is 1. The summed E-state index contributed by atoms with van der Waals surface area (Å²) in [6.07, 6.45) is 1.91. The van der Waals surface area contributed by atoms with E-state index in [1.54, 1.807) is 12.1 Å². The lowest BCUT2D eigenvalue weighted by molar-refractivity contribution is -0.384. The number of thioether (sulfide) groups is 1. The minimum atomic E-state index is -0.941. The maximum Gasteiger partial charge on any atom is 0.338 e. The predicted octanol–water partition coefficient (Wildman–Crippen LogP) is 3.06. The van der Waals surface area contributed by atoms with E-state index in [9.17, 15) is 20.0 Å². The number of aliphatic carboxylic acids is 1. The van der Waals surface area contributed by atoms with E-state index in [0.29, 0.717) is 25.3 Å². The van der Waals surface area contributed by atoms with Crippen LogP contribution in [0.4, 0.5) is 5.69 Å². The summed E-state index contributed by atoms with van der Waals surface area (Å²) in [7, 11) is 0. The van der Waals surface area contributed by atoms with Crippen LogP contribution < -0.4 is 0 Å². The highest BCUT2D eigenvalue weighted by Gasteiger charge is 2.34. The quantitative estimate of drug-likeness (QED) is 0.532. The van der Waals surface area contributed by atoms with Crippen LogP contribution in [0.5, 0.6) is 0 Å². The second-order valence-electron chi connectivity index (χ2n) is 6.88. The first-order valence-electron chi connectivity index (χ1n) is 9.53. The standard InChI is InChI=1S/C20H25N3O5S/c1-3-29-19-18(20(24)25)14(2)12-17(21-8-10-28-11-9-21)22(19)13-15-4-6-16(7-5-15)23(26)27/h4-7,12,17H,3,8-11,13H2,1-2H3,(H,24,25). The summed E-state index contributed by atoms with van der Waals surface area (Å²) in [6, 6.07) is 6.43. The number of rotatable bonds is 7. The number of carbonyl (C=O) groups is 1. The zero-order chi connectivity index (χ0) is 21.0. The highest BCUT2D eigenvalue weighted by atomic mass is 32.2. The number of carboxylic acid groups (broad SMARTS) is 1. The van der Waals surface area contributed by atoms with Crippen molar-refractivity contribution in [1.82, 2.24) is 9.80 Å². The predicted molar refractivity (Wildman–Crippen MR) is 111 cm³/mol. The van der Waals surface area contributed by atoms with Gasteiger partial charge >= 0.3 is 5.97 Å². The molecule has 1 aromatic carbocycles. The van der Waals surface area contributed by atoms with E-state index in [1.165, 1.54) is 23.9 Å². The van der Waals surface area contributed by atoms with Gasteiger partial charge in [-0.2, -0.15) is 0 Å². The van der Waals surface area contributed by atoms with Crippen LogP contribution in [0, 0.1) is 10.1 Å². The van der Waals surface area contributed by atoms with Crippen LogP contribution in [0.15, 0.2) is 46.5 Å². The van der Waals surface area contributed by atoms with Crippen LogP contribution >= 0.6 is 11.8 Å². The maximum atomic E-state index is 12.0. The van der Waals surface area contributed by atoms with Crippen LogP contribution in [0.3, 0.4) is 0 Å². The lowest BCUT2D eigenvalue weighted by atomic mass is 10.0. The summed E-state index contributed by atoms with van der Waals surface area (Å²) in [5, 5.41) is 21.5. The van der Waals surface area contributed by atoms with E-state index < -0.39 is 10.9 Å².